The monoisotopic (exact) mass is 867 g/mol. The van der Waals surface area contributed by atoms with Crippen LogP contribution in [0.25, 0.3) is 0 Å². The number of aryl methyl sites for hydroxylation is 1. The van der Waals surface area contributed by atoms with Crippen molar-refractivity contribution in [3.63, 3.8) is 0 Å². The normalized spacial score (nSPS) is 22.4. The lowest BCUT2D eigenvalue weighted by molar-refractivity contribution is -0.497. The number of amides is 2. The molecule has 3 aliphatic rings. The van der Waals surface area contributed by atoms with Crippen LogP contribution in [0.3, 0.4) is 0 Å². The van der Waals surface area contributed by atoms with Crippen LogP contribution in [-0.2, 0) is 40.0 Å². The van der Waals surface area contributed by atoms with E-state index in [9.17, 15) is 17.8 Å². The minimum absolute atomic E-state index is 0.00755. The van der Waals surface area contributed by atoms with Crippen LogP contribution in [0.2, 0.25) is 5.02 Å². The van der Waals surface area contributed by atoms with Gasteiger partial charge in [-0.1, -0.05) is 60.1 Å². The van der Waals surface area contributed by atoms with E-state index in [-0.39, 0.29) is 54.1 Å². The van der Waals surface area contributed by atoms with Gasteiger partial charge >= 0.3 is 6.09 Å². The number of carbonyl (C=O) groups is 2. The summed E-state index contributed by atoms with van der Waals surface area (Å²) in [6.45, 7) is 4.09. The molecule has 4 aromatic carbocycles. The number of hydrogen-bond donors (Lipinski definition) is 2. The summed E-state index contributed by atoms with van der Waals surface area (Å²) < 4.78 is 58.8. The van der Waals surface area contributed by atoms with Gasteiger partial charge in [0.15, 0.2) is 11.6 Å². The summed E-state index contributed by atoms with van der Waals surface area (Å²) in [5.74, 6) is -1.14. The molecule has 2 saturated heterocycles. The minimum atomic E-state index is -1.33. The molecule has 5 atom stereocenters. The van der Waals surface area contributed by atoms with Crippen molar-refractivity contribution in [1.29, 1.82) is 0 Å². The van der Waals surface area contributed by atoms with Crippen LogP contribution in [0, 0.1) is 24.0 Å². The molecule has 2 heterocycles. The lowest BCUT2D eigenvalue weighted by Gasteiger charge is -2.57. The van der Waals surface area contributed by atoms with E-state index in [1.54, 1.807) is 36.3 Å². The number of methoxy groups -OCH3 is 1. The van der Waals surface area contributed by atoms with E-state index >= 15 is 4.79 Å². The average Bonchev–Trinajstić information content (AvgIpc) is 4.08. The number of carbonyl (C=O) groups excluding carboxylic acids is 2. The van der Waals surface area contributed by atoms with Gasteiger partial charge in [-0.2, -0.15) is 0 Å². The minimum Gasteiger partial charge on any atom is -0.496 e. The van der Waals surface area contributed by atoms with Gasteiger partial charge in [0.05, 0.1) is 37.2 Å². The van der Waals surface area contributed by atoms with Crippen molar-refractivity contribution >= 4 is 34.4 Å². The third-order valence-corrected chi connectivity index (χ3v) is 13.7. The van der Waals surface area contributed by atoms with Crippen LogP contribution in [0.15, 0.2) is 78.9 Å². The first-order valence-corrected chi connectivity index (χ1v) is 21.7. The first kappa shape index (κ1) is 43.4. The Labute approximate surface area is 354 Å². The molecule has 1 saturated carbocycles. The summed E-state index contributed by atoms with van der Waals surface area (Å²) in [4.78, 5) is 38.2. The van der Waals surface area contributed by atoms with Crippen molar-refractivity contribution < 1.29 is 52.0 Å². The van der Waals surface area contributed by atoms with E-state index in [2.05, 4.69) is 0 Å². The maximum absolute atomic E-state index is 15.6. The fraction of sp³-hybridized carbons (Fsp3) is 0.409. The van der Waals surface area contributed by atoms with Gasteiger partial charge in [-0.05, 0) is 104 Å². The van der Waals surface area contributed by atoms with Crippen LogP contribution < -0.4 is 14.2 Å². The quantitative estimate of drug-likeness (QED) is 0.0685. The molecule has 60 heavy (non-hydrogen) atoms. The van der Waals surface area contributed by atoms with Gasteiger partial charge in [0, 0.05) is 46.9 Å². The van der Waals surface area contributed by atoms with Crippen LogP contribution in [0.4, 0.5) is 13.6 Å². The van der Waals surface area contributed by atoms with Crippen molar-refractivity contribution in [2.24, 2.45) is 5.41 Å². The zero-order valence-electron chi connectivity index (χ0n) is 33.5. The number of hydrogen-bond acceptors (Lipinski definition) is 10. The predicted octanol–water partition coefficient (Wildman–Crippen LogP) is 8.14. The van der Waals surface area contributed by atoms with Crippen LogP contribution in [0.5, 0.6) is 17.2 Å². The molecular weight excluding hydrogens is 820 g/mol. The molecule has 320 valence electrons. The van der Waals surface area contributed by atoms with Crippen LogP contribution in [-0.4, -0.2) is 85.2 Å². The van der Waals surface area contributed by atoms with Gasteiger partial charge in [0.1, 0.15) is 22.3 Å². The van der Waals surface area contributed by atoms with Crippen molar-refractivity contribution in [3.05, 3.63) is 123 Å². The molecular formula is C44H48ClF2N3O9S. The lowest BCUT2D eigenvalue weighted by atomic mass is 9.62. The molecule has 5 unspecified atom stereocenters. The molecule has 2 amide bonds. The lowest BCUT2D eigenvalue weighted by Crippen LogP contribution is -2.70. The molecule has 16 heteroatoms. The third-order valence-electron chi connectivity index (χ3n) is 11.9. The van der Waals surface area contributed by atoms with E-state index in [1.165, 1.54) is 0 Å². The highest BCUT2D eigenvalue weighted by Crippen LogP contribution is 2.53. The number of benzene rings is 4. The highest BCUT2D eigenvalue weighted by molar-refractivity contribution is 7.85. The summed E-state index contributed by atoms with van der Waals surface area (Å²) in [7, 11) is 0.284. The molecule has 2 aliphatic heterocycles. The zero-order valence-corrected chi connectivity index (χ0v) is 35.1. The fourth-order valence-corrected chi connectivity index (χ4v) is 10.5. The largest absolute Gasteiger partial charge is 0.496 e. The maximum Gasteiger partial charge on any atom is 0.415 e. The van der Waals surface area contributed by atoms with Gasteiger partial charge in [-0.25, -0.2) is 18.4 Å². The summed E-state index contributed by atoms with van der Waals surface area (Å²) in [5, 5.41) is 17.2. The van der Waals surface area contributed by atoms with Crippen LogP contribution in [0.1, 0.15) is 66.3 Å². The van der Waals surface area contributed by atoms with Gasteiger partial charge in [0.2, 0.25) is 5.91 Å². The number of ether oxygens (including phenoxy) is 3. The molecule has 0 spiro atoms. The molecule has 1 aliphatic carbocycles. The standard InChI is InChI=1S/C44H48ClF2N3O9S/c1-27-31(9-5-11-38(27)56-3)23-48(32-16-17-32)42(51)44(2)35(30-14-12-28(13-15-30)8-6-20-57-41-37(47)19-18-36(46)40(41)45)22-33-25-60(55)26-39(44)49(33)43(52)59-34-10-4-7-29(21-34)24-58-50(53)54/h4-5,7,9-15,18-19,21,32-33,35,39,53-54H,6,8,16-17,20,22-26H2,1-3H3. The summed E-state index contributed by atoms with van der Waals surface area (Å²) in [5.41, 5.74) is 3.00. The summed E-state index contributed by atoms with van der Waals surface area (Å²) in [6, 6.07) is 20.8. The van der Waals surface area contributed by atoms with Crippen molar-refractivity contribution in [2.45, 2.75) is 83.1 Å². The SMILES string of the molecule is COc1cccc(CN(C(=O)C2(C)C(c3ccc(CCCOc4c(F)ccc(F)c4Cl)cc3)CC3CS(=O)CC2N3C(=O)Oc2cccc(CON(O)O)c2)C2CC2)c1C. The predicted molar refractivity (Wildman–Crippen MR) is 218 cm³/mol. The summed E-state index contributed by atoms with van der Waals surface area (Å²) >= 11 is 5.92. The first-order valence-electron chi connectivity index (χ1n) is 19.8. The van der Waals surface area contributed by atoms with Crippen molar-refractivity contribution in [2.75, 3.05) is 25.2 Å². The third kappa shape index (κ3) is 9.31. The smallest absolute Gasteiger partial charge is 0.415 e. The number of piperidine rings is 1. The van der Waals surface area contributed by atoms with Crippen LogP contribution >= 0.6 is 11.6 Å². The Bertz CT molecular complexity index is 2230. The molecule has 3 fully saturated rings. The van der Waals surface area contributed by atoms with E-state index in [0.717, 1.165) is 47.2 Å². The number of fused-ring (bicyclic) bond motifs is 2. The van der Waals surface area contributed by atoms with Gasteiger partial charge < -0.3 is 19.1 Å². The van der Waals surface area contributed by atoms with Crippen molar-refractivity contribution in [1.82, 2.24) is 15.2 Å². The van der Waals surface area contributed by atoms with Gasteiger partial charge in [0.25, 0.3) is 0 Å². The second-order valence-corrected chi connectivity index (χ2v) is 17.7. The second kappa shape index (κ2) is 18.5. The highest BCUT2D eigenvalue weighted by Gasteiger charge is 2.61. The number of rotatable bonds is 15. The highest BCUT2D eigenvalue weighted by atomic mass is 35.5. The zero-order chi connectivity index (χ0) is 42.7. The Morgan fingerprint density at radius 2 is 1.72 bits per heavy atom. The number of halogens is 3. The topological polar surface area (TPSA) is 138 Å². The van der Waals surface area contributed by atoms with Crippen molar-refractivity contribution in [3.8, 4) is 17.2 Å². The number of nitrogens with zero attached hydrogens (tertiary/aromatic N) is 3. The van der Waals surface area contributed by atoms with E-state index < -0.39 is 56.4 Å². The second-order valence-electron chi connectivity index (χ2n) is 15.7. The van der Waals surface area contributed by atoms with Gasteiger partial charge in [-0.15, -0.1) is 0 Å². The van der Waals surface area contributed by atoms with Gasteiger partial charge in [-0.3, -0.25) is 24.3 Å². The Morgan fingerprint density at radius 1 is 0.983 bits per heavy atom. The Balaban J connectivity index is 1.18. The maximum atomic E-state index is 15.6. The van der Waals surface area contributed by atoms with E-state index in [0.29, 0.717) is 37.1 Å². The summed E-state index contributed by atoms with van der Waals surface area (Å²) in [6.07, 6.45) is 2.40. The van der Waals surface area contributed by atoms with E-state index in [4.69, 9.17) is 41.1 Å². The fourth-order valence-electron chi connectivity index (χ4n) is 8.61. The Morgan fingerprint density at radius 3 is 2.43 bits per heavy atom. The molecule has 2 N–H and O–H groups in total. The molecule has 2 bridgehead atoms. The molecule has 12 nitrogen and oxygen atoms in total. The Hall–Kier alpha value is -4.64. The average molecular weight is 868 g/mol. The first-order chi connectivity index (χ1) is 28.8. The molecule has 0 radical (unpaired) electrons. The molecule has 0 aromatic heterocycles. The van der Waals surface area contributed by atoms with E-state index in [1.807, 2.05) is 61.2 Å². The molecule has 4 aromatic rings. The molecule has 7 rings (SSSR count). The Kier molecular flexibility index (Phi) is 13.4.